The fourth-order valence-corrected chi connectivity index (χ4v) is 2.23. The summed E-state index contributed by atoms with van der Waals surface area (Å²) in [6.07, 6.45) is 1.04. The van der Waals surface area contributed by atoms with E-state index in [9.17, 15) is 9.18 Å². The molecule has 1 amide bonds. The predicted octanol–water partition coefficient (Wildman–Crippen LogP) is 2.10. The quantitative estimate of drug-likeness (QED) is 0.758. The maximum atomic E-state index is 13.2. The summed E-state index contributed by atoms with van der Waals surface area (Å²) in [5.74, 6) is -0.800. The highest BCUT2D eigenvalue weighted by Gasteiger charge is 2.17. The lowest BCUT2D eigenvalue weighted by Crippen LogP contribution is -2.32. The van der Waals surface area contributed by atoms with E-state index in [1.165, 1.54) is 22.9 Å². The number of benzene rings is 1. The van der Waals surface area contributed by atoms with Gasteiger partial charge < -0.3 is 10.6 Å². The van der Waals surface area contributed by atoms with Gasteiger partial charge in [-0.1, -0.05) is 23.7 Å². The van der Waals surface area contributed by atoms with E-state index >= 15 is 0 Å². The molecule has 0 unspecified atom stereocenters. The fourth-order valence-electron chi connectivity index (χ4n) is 2.05. The van der Waals surface area contributed by atoms with Crippen LogP contribution < -0.4 is 10.6 Å². The first-order valence-electron chi connectivity index (χ1n) is 7.41. The highest BCUT2D eigenvalue weighted by atomic mass is 35.5. The zero-order chi connectivity index (χ0) is 16.8. The first-order valence-corrected chi connectivity index (χ1v) is 7.79. The van der Waals surface area contributed by atoms with Crippen LogP contribution in [-0.4, -0.2) is 40.5 Å². The van der Waals surface area contributed by atoms with Gasteiger partial charge in [-0.15, -0.1) is 5.10 Å². The molecule has 124 valence electrons. The molecule has 2 N–H and O–H groups in total. The summed E-state index contributed by atoms with van der Waals surface area (Å²) in [6, 6.07) is 4.21. The molecule has 0 spiro atoms. The second-order valence-electron chi connectivity index (χ2n) is 5.04. The summed E-state index contributed by atoms with van der Waals surface area (Å²) in [7, 11) is 0. The summed E-state index contributed by atoms with van der Waals surface area (Å²) in [5, 5.41) is 13.8. The molecule has 0 bridgehead atoms. The van der Waals surface area contributed by atoms with Crippen molar-refractivity contribution in [2.45, 2.75) is 20.3 Å². The normalized spacial score (nSPS) is 10.8. The number of nitrogens with one attached hydrogen (secondary N) is 2. The Balaban J connectivity index is 2.06. The van der Waals surface area contributed by atoms with Gasteiger partial charge in [0, 0.05) is 13.1 Å². The lowest BCUT2D eigenvalue weighted by Gasteiger charge is -2.06. The van der Waals surface area contributed by atoms with Gasteiger partial charge in [-0.3, -0.25) is 4.79 Å². The number of hydrogen-bond acceptors (Lipinski definition) is 4. The van der Waals surface area contributed by atoms with Crippen LogP contribution in [-0.2, 0) is 0 Å². The highest BCUT2D eigenvalue weighted by Crippen LogP contribution is 2.20. The molecule has 0 aliphatic rings. The molecule has 2 rings (SSSR count). The first kappa shape index (κ1) is 17.4. The molecule has 1 aromatic heterocycles. The SMILES string of the molecule is CCCNCCNC(=O)c1nnn(-c2ccc(F)c(Cl)c2)c1C. The van der Waals surface area contributed by atoms with E-state index in [0.29, 0.717) is 24.5 Å². The van der Waals surface area contributed by atoms with E-state index in [4.69, 9.17) is 11.6 Å². The van der Waals surface area contributed by atoms with Crippen molar-refractivity contribution in [1.82, 2.24) is 25.6 Å². The maximum absolute atomic E-state index is 13.2. The van der Waals surface area contributed by atoms with Gasteiger partial charge in [0.15, 0.2) is 5.69 Å². The van der Waals surface area contributed by atoms with Crippen LogP contribution in [0, 0.1) is 12.7 Å². The monoisotopic (exact) mass is 339 g/mol. The van der Waals surface area contributed by atoms with E-state index in [1.54, 1.807) is 6.92 Å². The van der Waals surface area contributed by atoms with Crippen LogP contribution in [0.3, 0.4) is 0 Å². The zero-order valence-electron chi connectivity index (χ0n) is 13.1. The molecule has 6 nitrogen and oxygen atoms in total. The summed E-state index contributed by atoms with van der Waals surface area (Å²) in [6.45, 7) is 5.92. The third kappa shape index (κ3) is 4.27. The van der Waals surface area contributed by atoms with Gasteiger partial charge in [-0.25, -0.2) is 9.07 Å². The average molecular weight is 340 g/mol. The van der Waals surface area contributed by atoms with Crippen molar-refractivity contribution in [3.63, 3.8) is 0 Å². The van der Waals surface area contributed by atoms with Crippen LogP contribution in [0.2, 0.25) is 5.02 Å². The standard InChI is InChI=1S/C15H19ClFN5O/c1-3-6-18-7-8-19-15(23)14-10(2)22(21-20-14)11-4-5-13(17)12(16)9-11/h4-5,9,18H,3,6-8H2,1-2H3,(H,19,23). The van der Waals surface area contributed by atoms with E-state index < -0.39 is 5.82 Å². The molecule has 0 aliphatic heterocycles. The van der Waals surface area contributed by atoms with Gasteiger partial charge in [-0.05, 0) is 38.1 Å². The van der Waals surface area contributed by atoms with Gasteiger partial charge in [0.05, 0.1) is 16.4 Å². The second-order valence-corrected chi connectivity index (χ2v) is 5.45. The van der Waals surface area contributed by atoms with E-state index in [1.807, 2.05) is 0 Å². The highest BCUT2D eigenvalue weighted by molar-refractivity contribution is 6.30. The van der Waals surface area contributed by atoms with Gasteiger partial charge in [-0.2, -0.15) is 0 Å². The number of carbonyl (C=O) groups is 1. The first-order chi connectivity index (χ1) is 11.0. The minimum absolute atomic E-state index is 0.00889. The predicted molar refractivity (Wildman–Crippen MR) is 86.6 cm³/mol. The second kappa shape index (κ2) is 8.03. The zero-order valence-corrected chi connectivity index (χ0v) is 13.8. The molecule has 0 atom stereocenters. The molecule has 0 aliphatic carbocycles. The summed E-state index contributed by atoms with van der Waals surface area (Å²) in [4.78, 5) is 12.1. The number of nitrogens with zero attached hydrogens (tertiary/aromatic N) is 3. The van der Waals surface area contributed by atoms with Crippen LogP contribution in [0.5, 0.6) is 0 Å². The van der Waals surface area contributed by atoms with Crippen molar-refractivity contribution >= 4 is 17.5 Å². The molecule has 0 saturated carbocycles. The minimum atomic E-state index is -0.509. The summed E-state index contributed by atoms with van der Waals surface area (Å²) in [5.41, 5.74) is 1.35. The molecule has 23 heavy (non-hydrogen) atoms. The topological polar surface area (TPSA) is 71.8 Å². The van der Waals surface area contributed by atoms with E-state index in [-0.39, 0.29) is 16.6 Å². The Kier molecular flexibility index (Phi) is 6.06. The Labute approximate surface area is 139 Å². The van der Waals surface area contributed by atoms with Crippen molar-refractivity contribution in [3.8, 4) is 5.69 Å². The Morgan fingerprint density at radius 3 is 2.83 bits per heavy atom. The number of hydrogen-bond donors (Lipinski definition) is 2. The largest absolute Gasteiger partial charge is 0.349 e. The van der Waals surface area contributed by atoms with Crippen molar-refractivity contribution in [3.05, 3.63) is 40.4 Å². The Bertz CT molecular complexity index is 689. The van der Waals surface area contributed by atoms with Gasteiger partial charge in [0.25, 0.3) is 5.91 Å². The average Bonchev–Trinajstić information content (AvgIpc) is 2.91. The molecule has 0 saturated heterocycles. The third-order valence-corrected chi connectivity index (χ3v) is 3.56. The fraction of sp³-hybridized carbons (Fsp3) is 0.400. The minimum Gasteiger partial charge on any atom is -0.349 e. The van der Waals surface area contributed by atoms with Crippen LogP contribution in [0.15, 0.2) is 18.2 Å². The van der Waals surface area contributed by atoms with Gasteiger partial charge in [0.1, 0.15) is 5.82 Å². The van der Waals surface area contributed by atoms with Crippen LogP contribution in [0.1, 0.15) is 29.5 Å². The summed E-state index contributed by atoms with van der Waals surface area (Å²) >= 11 is 5.77. The van der Waals surface area contributed by atoms with E-state index in [2.05, 4.69) is 27.9 Å². The lowest BCUT2D eigenvalue weighted by atomic mass is 10.2. The number of halogens is 2. The maximum Gasteiger partial charge on any atom is 0.273 e. The van der Waals surface area contributed by atoms with Gasteiger partial charge >= 0.3 is 0 Å². The van der Waals surface area contributed by atoms with Crippen LogP contribution in [0.25, 0.3) is 5.69 Å². The Morgan fingerprint density at radius 2 is 2.13 bits per heavy atom. The van der Waals surface area contributed by atoms with Crippen molar-refractivity contribution in [1.29, 1.82) is 0 Å². The smallest absolute Gasteiger partial charge is 0.273 e. The molecule has 8 heteroatoms. The number of carbonyl (C=O) groups excluding carboxylic acids is 1. The molecular formula is C15H19ClFN5O. The number of aromatic nitrogens is 3. The lowest BCUT2D eigenvalue weighted by molar-refractivity contribution is 0.0948. The molecule has 1 heterocycles. The molecule has 0 fully saturated rings. The van der Waals surface area contributed by atoms with Crippen LogP contribution >= 0.6 is 11.6 Å². The van der Waals surface area contributed by atoms with Crippen molar-refractivity contribution in [2.75, 3.05) is 19.6 Å². The Morgan fingerprint density at radius 1 is 1.35 bits per heavy atom. The number of amides is 1. The van der Waals surface area contributed by atoms with Crippen LogP contribution in [0.4, 0.5) is 4.39 Å². The molecule has 0 radical (unpaired) electrons. The van der Waals surface area contributed by atoms with E-state index in [0.717, 1.165) is 13.0 Å². The summed E-state index contributed by atoms with van der Waals surface area (Å²) < 4.78 is 14.7. The molecule has 2 aromatic rings. The molecular weight excluding hydrogens is 321 g/mol. The van der Waals surface area contributed by atoms with Crippen molar-refractivity contribution in [2.24, 2.45) is 0 Å². The third-order valence-electron chi connectivity index (χ3n) is 3.27. The number of rotatable bonds is 7. The van der Waals surface area contributed by atoms with Crippen molar-refractivity contribution < 1.29 is 9.18 Å². The Hall–Kier alpha value is -1.99. The molecule has 1 aromatic carbocycles. The van der Waals surface area contributed by atoms with Gasteiger partial charge in [0.2, 0.25) is 0 Å².